The number of carboxylic acids is 1. The first kappa shape index (κ1) is 26.6. The van der Waals surface area contributed by atoms with Crippen molar-refractivity contribution in [3.8, 4) is 5.75 Å². The molecule has 38 heavy (non-hydrogen) atoms. The Morgan fingerprint density at radius 3 is 2.58 bits per heavy atom. The van der Waals surface area contributed by atoms with Gasteiger partial charge >= 0.3 is 5.97 Å². The summed E-state index contributed by atoms with van der Waals surface area (Å²) in [5.74, 6) is -7.14. The Hall–Kier alpha value is -4.48. The zero-order valence-electron chi connectivity index (χ0n) is 20.3. The van der Waals surface area contributed by atoms with Crippen LogP contribution in [0.1, 0.15) is 40.4 Å². The molecule has 0 radical (unpaired) electrons. The van der Waals surface area contributed by atoms with Crippen LogP contribution in [0.4, 0.5) is 8.78 Å². The highest BCUT2D eigenvalue weighted by Crippen LogP contribution is 2.38. The second-order valence-corrected chi connectivity index (χ2v) is 9.08. The molecule has 10 nitrogen and oxygen atoms in total. The molecule has 3 atom stereocenters. The minimum absolute atomic E-state index is 0.116. The number of fused-ring (bicyclic) bond motifs is 1. The van der Waals surface area contributed by atoms with Crippen LogP contribution < -0.4 is 21.1 Å². The number of halogens is 2. The van der Waals surface area contributed by atoms with E-state index in [2.05, 4.69) is 15.6 Å². The predicted molar refractivity (Wildman–Crippen MR) is 131 cm³/mol. The van der Waals surface area contributed by atoms with E-state index < -0.39 is 47.3 Å². The molecule has 3 amide bonds. The number of rotatable bonds is 10. The fraction of sp³-hybridized carbons (Fsp3) is 0.308. The number of H-pyrrole nitrogens is 1. The molecular weight excluding hydrogens is 502 g/mol. The molecule has 1 aromatic heterocycles. The summed E-state index contributed by atoms with van der Waals surface area (Å²) in [7, 11) is 1.40. The van der Waals surface area contributed by atoms with Crippen LogP contribution >= 0.6 is 0 Å². The fourth-order valence-electron chi connectivity index (χ4n) is 4.83. The van der Waals surface area contributed by atoms with Crippen LogP contribution in [0.5, 0.6) is 5.75 Å². The highest BCUT2D eigenvalue weighted by atomic mass is 19.2. The lowest BCUT2D eigenvalue weighted by molar-refractivity contribution is -0.142. The third kappa shape index (κ3) is 5.29. The lowest BCUT2D eigenvalue weighted by Crippen LogP contribution is -2.45. The second kappa shape index (κ2) is 10.9. The van der Waals surface area contributed by atoms with Gasteiger partial charge in [-0.05, 0) is 49.1 Å². The Bertz CT molecular complexity index is 1420. The van der Waals surface area contributed by atoms with E-state index in [4.69, 9.17) is 10.5 Å². The maximum absolute atomic E-state index is 14.0. The smallest absolute Gasteiger partial charge is 0.326 e. The average molecular weight is 529 g/mol. The third-order valence-corrected chi connectivity index (χ3v) is 6.68. The lowest BCUT2D eigenvalue weighted by Gasteiger charge is -2.23. The SMILES string of the molecule is COc1cccc2[nH]c(C(N)=O)c([C@H](Cc3ccc(F)c(F)c3)C(=O)N[C@@H](C[C@@H]3CCNC3=O)C(=O)O)c12. The average Bonchev–Trinajstić information content (AvgIpc) is 3.47. The van der Waals surface area contributed by atoms with Crippen LogP contribution in [0, 0.1) is 17.6 Å². The number of carbonyl (C=O) groups is 4. The van der Waals surface area contributed by atoms with Crippen molar-refractivity contribution in [3.05, 3.63) is 64.9 Å². The molecule has 1 fully saturated rings. The van der Waals surface area contributed by atoms with E-state index in [1.165, 1.54) is 13.2 Å². The Morgan fingerprint density at radius 1 is 1.21 bits per heavy atom. The number of primary amides is 1. The minimum Gasteiger partial charge on any atom is -0.496 e. The first-order valence-electron chi connectivity index (χ1n) is 11.8. The molecule has 4 rings (SSSR count). The molecule has 0 unspecified atom stereocenters. The summed E-state index contributed by atoms with van der Waals surface area (Å²) >= 11 is 0. The van der Waals surface area contributed by atoms with Crippen LogP contribution in [0.15, 0.2) is 36.4 Å². The van der Waals surface area contributed by atoms with Crippen molar-refractivity contribution in [2.24, 2.45) is 11.7 Å². The molecule has 1 aliphatic rings. The molecule has 1 saturated heterocycles. The summed E-state index contributed by atoms with van der Waals surface area (Å²) in [6.45, 7) is 0.402. The van der Waals surface area contributed by atoms with Crippen molar-refractivity contribution in [3.63, 3.8) is 0 Å². The summed E-state index contributed by atoms with van der Waals surface area (Å²) in [5, 5.41) is 15.3. The molecule has 200 valence electrons. The number of nitrogens with one attached hydrogen (secondary N) is 3. The first-order chi connectivity index (χ1) is 18.1. The summed E-state index contributed by atoms with van der Waals surface area (Å²) < 4.78 is 33.1. The molecule has 2 aromatic carbocycles. The van der Waals surface area contributed by atoms with Crippen molar-refractivity contribution in [1.82, 2.24) is 15.6 Å². The molecule has 0 spiro atoms. The van der Waals surface area contributed by atoms with Crippen LogP contribution in [0.25, 0.3) is 10.9 Å². The molecule has 0 aliphatic carbocycles. The number of carboxylic acid groups (broad SMARTS) is 1. The number of hydrogen-bond acceptors (Lipinski definition) is 5. The highest BCUT2D eigenvalue weighted by molar-refractivity contribution is 6.06. The Balaban J connectivity index is 1.81. The lowest BCUT2D eigenvalue weighted by atomic mass is 9.87. The van der Waals surface area contributed by atoms with Crippen molar-refractivity contribution in [1.29, 1.82) is 0 Å². The summed E-state index contributed by atoms with van der Waals surface area (Å²) in [6.07, 6.45) is 0.0392. The van der Waals surface area contributed by atoms with E-state index in [-0.39, 0.29) is 35.6 Å². The van der Waals surface area contributed by atoms with Gasteiger partial charge in [-0.2, -0.15) is 0 Å². The molecule has 12 heteroatoms. The van der Waals surface area contributed by atoms with Gasteiger partial charge in [-0.1, -0.05) is 12.1 Å². The summed E-state index contributed by atoms with van der Waals surface area (Å²) in [6, 6.07) is 6.59. The van der Waals surface area contributed by atoms with Crippen molar-refractivity contribution >= 4 is 34.6 Å². The number of aliphatic carboxylic acids is 1. The highest BCUT2D eigenvalue weighted by Gasteiger charge is 2.35. The van der Waals surface area contributed by atoms with Crippen molar-refractivity contribution in [2.45, 2.75) is 31.2 Å². The Morgan fingerprint density at radius 2 is 1.97 bits per heavy atom. The van der Waals surface area contributed by atoms with Crippen molar-refractivity contribution in [2.75, 3.05) is 13.7 Å². The zero-order valence-corrected chi connectivity index (χ0v) is 20.3. The van der Waals surface area contributed by atoms with Gasteiger partial charge in [0.2, 0.25) is 11.8 Å². The van der Waals surface area contributed by atoms with Crippen LogP contribution in [0.2, 0.25) is 0 Å². The number of ether oxygens (including phenoxy) is 1. The van der Waals surface area contributed by atoms with Crippen LogP contribution in [0.3, 0.4) is 0 Å². The Labute approximate surface area is 215 Å². The molecule has 0 saturated carbocycles. The topological polar surface area (TPSA) is 164 Å². The van der Waals surface area contributed by atoms with E-state index in [9.17, 15) is 33.1 Å². The second-order valence-electron chi connectivity index (χ2n) is 9.08. The largest absolute Gasteiger partial charge is 0.496 e. The molecule has 2 heterocycles. The molecule has 1 aliphatic heterocycles. The predicted octanol–water partition coefficient (Wildman–Crippen LogP) is 1.98. The van der Waals surface area contributed by atoms with Crippen LogP contribution in [-0.2, 0) is 20.8 Å². The van der Waals surface area contributed by atoms with Gasteiger partial charge in [-0.3, -0.25) is 14.4 Å². The van der Waals surface area contributed by atoms with Gasteiger partial charge in [0.15, 0.2) is 11.6 Å². The van der Waals surface area contributed by atoms with E-state index in [0.29, 0.717) is 29.6 Å². The standard InChI is InChI=1S/C26H26F2N4O6/c1-38-19-4-2-3-17-21(19)20(22(31-17)23(29)33)14(9-12-5-6-15(27)16(28)10-12)25(35)32-18(26(36)37)11-13-7-8-30-24(13)34/h2-6,10,13-14,18,31H,7-9,11H2,1H3,(H2,29,33)(H,30,34)(H,32,35)(H,36,37)/t13-,14-,18-/m0/s1. The summed E-state index contributed by atoms with van der Waals surface area (Å²) in [5.41, 5.74) is 6.27. The van der Waals surface area contributed by atoms with Gasteiger partial charge in [0, 0.05) is 23.4 Å². The summed E-state index contributed by atoms with van der Waals surface area (Å²) in [4.78, 5) is 53.1. The maximum atomic E-state index is 14.0. The number of benzene rings is 2. The van der Waals surface area contributed by atoms with E-state index in [1.54, 1.807) is 18.2 Å². The third-order valence-electron chi connectivity index (χ3n) is 6.68. The van der Waals surface area contributed by atoms with Gasteiger partial charge in [0.25, 0.3) is 5.91 Å². The number of carbonyl (C=O) groups excluding carboxylic acids is 3. The molecule has 3 aromatic rings. The number of nitrogens with two attached hydrogens (primary N) is 1. The quantitative estimate of drug-likeness (QED) is 0.270. The normalized spacial score (nSPS) is 16.6. The first-order valence-corrected chi connectivity index (χ1v) is 11.8. The number of hydrogen-bond donors (Lipinski definition) is 5. The fourth-order valence-corrected chi connectivity index (χ4v) is 4.83. The number of methoxy groups -OCH3 is 1. The van der Waals surface area contributed by atoms with Gasteiger partial charge in [0.05, 0.1) is 18.5 Å². The minimum atomic E-state index is -1.42. The van der Waals surface area contributed by atoms with Crippen molar-refractivity contribution < 1.29 is 37.8 Å². The van der Waals surface area contributed by atoms with E-state index in [0.717, 1.165) is 12.1 Å². The molecule has 6 N–H and O–H groups in total. The zero-order chi connectivity index (χ0) is 27.6. The maximum Gasteiger partial charge on any atom is 0.326 e. The number of aromatic nitrogens is 1. The Kier molecular flexibility index (Phi) is 7.60. The monoisotopic (exact) mass is 528 g/mol. The number of aromatic amines is 1. The van der Waals surface area contributed by atoms with Crippen LogP contribution in [-0.4, -0.2) is 53.5 Å². The van der Waals surface area contributed by atoms with Gasteiger partial charge in [0.1, 0.15) is 17.5 Å². The van der Waals surface area contributed by atoms with Gasteiger partial charge in [-0.15, -0.1) is 0 Å². The molecular formula is C26H26F2N4O6. The van der Waals surface area contributed by atoms with E-state index in [1.807, 2.05) is 0 Å². The number of amides is 3. The molecule has 0 bridgehead atoms. The van der Waals surface area contributed by atoms with E-state index >= 15 is 0 Å². The van der Waals surface area contributed by atoms with Gasteiger partial charge < -0.3 is 31.2 Å². The van der Waals surface area contributed by atoms with Gasteiger partial charge in [-0.25, -0.2) is 13.6 Å².